The smallest absolute Gasteiger partial charge is 0.0717 e. The third-order valence-electron chi connectivity index (χ3n) is 1.68. The molecule has 0 N–H and O–H groups in total. The fourth-order valence-electron chi connectivity index (χ4n) is 1.02. The molecule has 0 unspecified atom stereocenters. The van der Waals surface area contributed by atoms with Crippen LogP contribution in [0.1, 0.15) is 18.5 Å². The first-order chi connectivity index (χ1) is 5.84. The van der Waals surface area contributed by atoms with E-state index in [9.17, 15) is 0 Å². The van der Waals surface area contributed by atoms with Crippen molar-refractivity contribution < 1.29 is 0 Å². The topological polar surface area (TPSA) is 12.4 Å². The number of benzene rings is 1. The van der Waals surface area contributed by atoms with E-state index in [1.165, 1.54) is 5.56 Å². The second kappa shape index (κ2) is 4.94. The lowest BCUT2D eigenvalue weighted by Crippen LogP contribution is -1.89. The Morgan fingerprint density at radius 3 is 2.67 bits per heavy atom. The molecule has 0 saturated heterocycles. The van der Waals surface area contributed by atoms with Gasteiger partial charge in [0.15, 0.2) is 0 Å². The van der Waals surface area contributed by atoms with E-state index in [0.717, 1.165) is 0 Å². The van der Waals surface area contributed by atoms with Crippen molar-refractivity contribution in [2.45, 2.75) is 13.0 Å². The number of aliphatic imine (C=N–C) groups is 1. The number of hydrogen-bond donors (Lipinski definition) is 0. The van der Waals surface area contributed by atoms with Crippen LogP contribution in [0.15, 0.2) is 35.3 Å². The predicted octanol–water partition coefficient (Wildman–Crippen LogP) is 3.06. The fraction of sp³-hybridized carbons (Fsp3) is 0.300. The van der Waals surface area contributed by atoms with Crippen LogP contribution in [-0.4, -0.2) is 12.1 Å². The maximum atomic E-state index is 5.48. The van der Waals surface area contributed by atoms with Gasteiger partial charge in [0.1, 0.15) is 0 Å². The zero-order chi connectivity index (χ0) is 8.81. The molecule has 0 bridgehead atoms. The average Bonchev–Trinajstić information content (AvgIpc) is 2.15. The Kier molecular flexibility index (Phi) is 3.81. The van der Waals surface area contributed by atoms with Gasteiger partial charge in [-0.15, -0.1) is 11.6 Å². The monoisotopic (exact) mass is 181 g/mol. The van der Waals surface area contributed by atoms with E-state index in [0.29, 0.717) is 5.88 Å². The summed E-state index contributed by atoms with van der Waals surface area (Å²) in [4.78, 5) is 4.26. The maximum absolute atomic E-state index is 5.48. The van der Waals surface area contributed by atoms with Crippen LogP contribution in [0.5, 0.6) is 0 Å². The zero-order valence-electron chi connectivity index (χ0n) is 7.07. The molecule has 0 saturated carbocycles. The van der Waals surface area contributed by atoms with E-state index < -0.39 is 0 Å². The molecule has 2 heteroatoms. The van der Waals surface area contributed by atoms with Crippen molar-refractivity contribution >= 4 is 17.8 Å². The molecule has 0 aliphatic heterocycles. The molecule has 1 nitrogen and oxygen atoms in total. The van der Waals surface area contributed by atoms with Crippen molar-refractivity contribution in [1.29, 1.82) is 0 Å². The number of rotatable bonds is 3. The SMILES string of the molecule is C[C@@H](N=CCCl)c1ccccc1. The normalized spacial score (nSPS) is 13.5. The summed E-state index contributed by atoms with van der Waals surface area (Å²) in [7, 11) is 0. The van der Waals surface area contributed by atoms with Crippen LogP contribution in [0.3, 0.4) is 0 Å². The molecule has 0 fully saturated rings. The largest absolute Gasteiger partial charge is 0.288 e. The quantitative estimate of drug-likeness (QED) is 0.502. The molecular weight excluding hydrogens is 170 g/mol. The molecule has 1 aromatic carbocycles. The highest BCUT2D eigenvalue weighted by Gasteiger charge is 1.98. The minimum Gasteiger partial charge on any atom is -0.288 e. The second-order valence-electron chi connectivity index (χ2n) is 2.57. The van der Waals surface area contributed by atoms with Crippen LogP contribution in [-0.2, 0) is 0 Å². The molecular formula is C10H12ClN. The molecule has 64 valence electrons. The lowest BCUT2D eigenvalue weighted by atomic mass is 10.1. The average molecular weight is 182 g/mol. The maximum Gasteiger partial charge on any atom is 0.0717 e. The van der Waals surface area contributed by atoms with Gasteiger partial charge >= 0.3 is 0 Å². The molecule has 0 aliphatic rings. The third-order valence-corrected chi connectivity index (χ3v) is 1.82. The van der Waals surface area contributed by atoms with Gasteiger partial charge in [0.25, 0.3) is 0 Å². The third kappa shape index (κ3) is 2.67. The van der Waals surface area contributed by atoms with Gasteiger partial charge in [-0.05, 0) is 12.5 Å². The summed E-state index contributed by atoms with van der Waals surface area (Å²) in [6.45, 7) is 2.05. The Morgan fingerprint density at radius 1 is 1.42 bits per heavy atom. The van der Waals surface area contributed by atoms with Crippen LogP contribution in [0.25, 0.3) is 0 Å². The zero-order valence-corrected chi connectivity index (χ0v) is 7.83. The molecule has 0 heterocycles. The highest BCUT2D eigenvalue weighted by Crippen LogP contribution is 2.14. The summed E-state index contributed by atoms with van der Waals surface area (Å²) in [5.74, 6) is 0.483. The molecule has 12 heavy (non-hydrogen) atoms. The van der Waals surface area contributed by atoms with Gasteiger partial charge < -0.3 is 0 Å². The second-order valence-corrected chi connectivity index (χ2v) is 2.88. The van der Waals surface area contributed by atoms with Gasteiger partial charge in [-0.1, -0.05) is 30.3 Å². The number of nitrogens with zero attached hydrogens (tertiary/aromatic N) is 1. The highest BCUT2D eigenvalue weighted by atomic mass is 35.5. The van der Waals surface area contributed by atoms with E-state index in [4.69, 9.17) is 11.6 Å². The predicted molar refractivity (Wildman–Crippen MR) is 54.1 cm³/mol. The number of hydrogen-bond acceptors (Lipinski definition) is 1. The fourth-order valence-corrected chi connectivity index (χ4v) is 1.10. The van der Waals surface area contributed by atoms with Crippen molar-refractivity contribution in [3.63, 3.8) is 0 Å². The van der Waals surface area contributed by atoms with Gasteiger partial charge in [0.05, 0.1) is 11.9 Å². The Labute approximate surface area is 78.1 Å². The number of alkyl halides is 1. The first kappa shape index (κ1) is 9.27. The van der Waals surface area contributed by atoms with Gasteiger partial charge in [0, 0.05) is 6.21 Å². The van der Waals surface area contributed by atoms with E-state index in [-0.39, 0.29) is 6.04 Å². The standard InChI is InChI=1S/C10H12ClN/c1-9(12-8-7-11)10-5-3-2-4-6-10/h2-6,8-9H,7H2,1H3/t9-/m1/s1. The van der Waals surface area contributed by atoms with Crippen molar-refractivity contribution in [1.82, 2.24) is 0 Å². The summed E-state index contributed by atoms with van der Waals surface area (Å²) in [6, 6.07) is 10.4. The van der Waals surface area contributed by atoms with Crippen molar-refractivity contribution in [3.8, 4) is 0 Å². The Hall–Kier alpha value is -0.820. The van der Waals surface area contributed by atoms with E-state index in [1.54, 1.807) is 6.21 Å². The van der Waals surface area contributed by atoms with Gasteiger partial charge in [0.2, 0.25) is 0 Å². The summed E-state index contributed by atoms with van der Waals surface area (Å²) < 4.78 is 0. The molecule has 0 spiro atoms. The van der Waals surface area contributed by atoms with Crippen LogP contribution in [0, 0.1) is 0 Å². The van der Waals surface area contributed by atoms with Crippen LogP contribution in [0.4, 0.5) is 0 Å². The molecule has 1 atom stereocenters. The van der Waals surface area contributed by atoms with Gasteiger partial charge in [-0.3, -0.25) is 4.99 Å². The summed E-state index contributed by atoms with van der Waals surface area (Å²) in [5, 5.41) is 0. The molecule has 0 aliphatic carbocycles. The van der Waals surface area contributed by atoms with Crippen LogP contribution < -0.4 is 0 Å². The first-order valence-electron chi connectivity index (χ1n) is 3.97. The Balaban J connectivity index is 2.65. The van der Waals surface area contributed by atoms with Gasteiger partial charge in [-0.2, -0.15) is 0 Å². The van der Waals surface area contributed by atoms with E-state index in [2.05, 4.69) is 24.0 Å². The van der Waals surface area contributed by atoms with Crippen molar-refractivity contribution in [3.05, 3.63) is 35.9 Å². The van der Waals surface area contributed by atoms with E-state index in [1.807, 2.05) is 18.2 Å². The Bertz CT molecular complexity index is 243. The summed E-state index contributed by atoms with van der Waals surface area (Å²) >= 11 is 5.48. The minimum absolute atomic E-state index is 0.213. The van der Waals surface area contributed by atoms with E-state index >= 15 is 0 Å². The lowest BCUT2D eigenvalue weighted by molar-refractivity contribution is 0.824. The highest BCUT2D eigenvalue weighted by molar-refractivity contribution is 6.24. The first-order valence-corrected chi connectivity index (χ1v) is 4.50. The molecule has 1 rings (SSSR count). The Morgan fingerprint density at radius 2 is 2.08 bits per heavy atom. The summed E-state index contributed by atoms with van der Waals surface area (Å²) in [5.41, 5.74) is 1.22. The summed E-state index contributed by atoms with van der Waals surface area (Å²) in [6.07, 6.45) is 1.74. The minimum atomic E-state index is 0.213. The van der Waals surface area contributed by atoms with Crippen molar-refractivity contribution in [2.24, 2.45) is 4.99 Å². The van der Waals surface area contributed by atoms with Crippen LogP contribution in [0.2, 0.25) is 0 Å². The van der Waals surface area contributed by atoms with Crippen LogP contribution >= 0.6 is 11.6 Å². The molecule has 0 aromatic heterocycles. The lowest BCUT2D eigenvalue weighted by Gasteiger charge is -2.04. The van der Waals surface area contributed by atoms with Crippen molar-refractivity contribution in [2.75, 3.05) is 5.88 Å². The molecule has 1 aromatic rings. The van der Waals surface area contributed by atoms with Gasteiger partial charge in [-0.25, -0.2) is 0 Å². The molecule has 0 radical (unpaired) electrons. The molecule has 0 amide bonds. The number of halogens is 1.